The second-order valence-corrected chi connectivity index (χ2v) is 5.07. The van der Waals surface area contributed by atoms with E-state index in [0.29, 0.717) is 6.04 Å². The molecule has 0 heterocycles. The minimum absolute atomic E-state index is 0.656. The summed E-state index contributed by atoms with van der Waals surface area (Å²) in [7, 11) is 2.23. The molecular weight excluding hydrogens is 184 g/mol. The van der Waals surface area contributed by atoms with Gasteiger partial charge in [0.15, 0.2) is 0 Å². The van der Waals surface area contributed by atoms with E-state index >= 15 is 0 Å². The van der Waals surface area contributed by atoms with Gasteiger partial charge in [0.1, 0.15) is 0 Å². The zero-order valence-electron chi connectivity index (χ0n) is 11.3. The van der Waals surface area contributed by atoms with Crippen LogP contribution in [-0.2, 0) is 0 Å². The fourth-order valence-corrected chi connectivity index (χ4v) is 1.49. The van der Waals surface area contributed by atoms with Crippen LogP contribution in [0, 0.1) is 5.92 Å². The molecule has 0 aliphatic heterocycles. The second kappa shape index (κ2) is 9.17. The van der Waals surface area contributed by atoms with Crippen LogP contribution < -0.4 is 5.32 Å². The summed E-state index contributed by atoms with van der Waals surface area (Å²) in [5, 5.41) is 3.53. The zero-order valence-corrected chi connectivity index (χ0v) is 11.3. The molecule has 0 aromatic rings. The molecule has 1 unspecified atom stereocenters. The Kier molecular flexibility index (Phi) is 9.12. The van der Waals surface area contributed by atoms with Crippen molar-refractivity contribution in [3.8, 4) is 0 Å². The molecule has 1 atom stereocenters. The Morgan fingerprint density at radius 3 is 2.40 bits per heavy atom. The molecule has 0 saturated heterocycles. The van der Waals surface area contributed by atoms with Gasteiger partial charge < -0.3 is 10.2 Å². The van der Waals surface area contributed by atoms with Crippen LogP contribution in [0.5, 0.6) is 0 Å². The number of hydrogen-bond acceptors (Lipinski definition) is 2. The third-order valence-electron chi connectivity index (χ3n) is 2.96. The molecule has 0 aliphatic rings. The normalized spacial score (nSPS) is 13.8. The molecule has 2 heteroatoms. The van der Waals surface area contributed by atoms with Crippen LogP contribution in [0.15, 0.2) is 0 Å². The molecule has 0 rings (SSSR count). The van der Waals surface area contributed by atoms with E-state index in [0.717, 1.165) is 19.0 Å². The Balaban J connectivity index is 3.42. The predicted molar refractivity (Wildman–Crippen MR) is 69.3 cm³/mol. The zero-order chi connectivity index (χ0) is 11.7. The number of unbranched alkanes of at least 4 members (excludes halogenated alkanes) is 1. The lowest BCUT2D eigenvalue weighted by Crippen LogP contribution is -2.38. The van der Waals surface area contributed by atoms with Crippen molar-refractivity contribution in [2.24, 2.45) is 5.92 Å². The average Bonchev–Trinajstić information content (AvgIpc) is 2.20. The predicted octanol–water partition coefficient (Wildman–Crippen LogP) is 2.74. The van der Waals surface area contributed by atoms with E-state index in [4.69, 9.17) is 0 Å². The maximum atomic E-state index is 3.53. The molecule has 2 nitrogen and oxygen atoms in total. The van der Waals surface area contributed by atoms with Crippen molar-refractivity contribution in [1.29, 1.82) is 0 Å². The van der Waals surface area contributed by atoms with E-state index in [1.165, 1.54) is 25.8 Å². The summed E-state index contributed by atoms with van der Waals surface area (Å²) < 4.78 is 0. The standard InChI is InChI=1S/C13H30N2/c1-6-7-10-15(5)13(4)11-14-9-8-12(2)3/h12-14H,6-11H2,1-5H3. The van der Waals surface area contributed by atoms with E-state index in [1.807, 2.05) is 0 Å². The van der Waals surface area contributed by atoms with Gasteiger partial charge in [-0.3, -0.25) is 0 Å². The average molecular weight is 214 g/mol. The molecule has 15 heavy (non-hydrogen) atoms. The highest BCUT2D eigenvalue weighted by molar-refractivity contribution is 4.66. The number of likely N-dealkylation sites (N-methyl/N-ethyl adjacent to an activating group) is 1. The first kappa shape index (κ1) is 14.9. The van der Waals surface area contributed by atoms with Crippen molar-refractivity contribution in [2.75, 3.05) is 26.7 Å². The van der Waals surface area contributed by atoms with Crippen molar-refractivity contribution in [1.82, 2.24) is 10.2 Å². The third kappa shape index (κ3) is 8.88. The molecule has 0 aliphatic carbocycles. The summed E-state index contributed by atoms with van der Waals surface area (Å²) in [6.07, 6.45) is 3.88. The molecule has 92 valence electrons. The molecule has 0 spiro atoms. The van der Waals surface area contributed by atoms with Gasteiger partial charge in [-0.1, -0.05) is 27.2 Å². The Labute approximate surface area is 96.4 Å². The Bertz CT molecular complexity index is 134. The summed E-state index contributed by atoms with van der Waals surface area (Å²) in [5.74, 6) is 0.811. The molecule has 1 N–H and O–H groups in total. The van der Waals surface area contributed by atoms with Gasteiger partial charge >= 0.3 is 0 Å². The highest BCUT2D eigenvalue weighted by atomic mass is 15.1. The number of nitrogens with zero attached hydrogens (tertiary/aromatic N) is 1. The van der Waals surface area contributed by atoms with Crippen molar-refractivity contribution in [2.45, 2.75) is 53.0 Å². The molecule has 0 bridgehead atoms. The van der Waals surface area contributed by atoms with E-state index in [1.54, 1.807) is 0 Å². The first-order chi connectivity index (χ1) is 7.07. The van der Waals surface area contributed by atoms with Crippen LogP contribution in [0.4, 0.5) is 0 Å². The van der Waals surface area contributed by atoms with E-state index in [-0.39, 0.29) is 0 Å². The van der Waals surface area contributed by atoms with Crippen molar-refractivity contribution in [3.05, 3.63) is 0 Å². The minimum atomic E-state index is 0.656. The van der Waals surface area contributed by atoms with Gasteiger partial charge in [0, 0.05) is 12.6 Å². The smallest absolute Gasteiger partial charge is 0.0189 e. The van der Waals surface area contributed by atoms with E-state index in [2.05, 4.69) is 45.0 Å². The highest BCUT2D eigenvalue weighted by Gasteiger charge is 2.07. The van der Waals surface area contributed by atoms with Crippen molar-refractivity contribution >= 4 is 0 Å². The Morgan fingerprint density at radius 1 is 1.20 bits per heavy atom. The van der Waals surface area contributed by atoms with Crippen LogP contribution in [0.1, 0.15) is 47.0 Å². The van der Waals surface area contributed by atoms with Gasteiger partial charge in [-0.15, -0.1) is 0 Å². The molecule has 0 amide bonds. The number of nitrogens with one attached hydrogen (secondary N) is 1. The van der Waals surface area contributed by atoms with E-state index < -0.39 is 0 Å². The maximum absolute atomic E-state index is 3.53. The highest BCUT2D eigenvalue weighted by Crippen LogP contribution is 1.99. The summed E-state index contributed by atoms with van der Waals surface area (Å²) in [5.41, 5.74) is 0. The van der Waals surface area contributed by atoms with Crippen molar-refractivity contribution in [3.63, 3.8) is 0 Å². The lowest BCUT2D eigenvalue weighted by molar-refractivity contribution is 0.246. The molecular formula is C13H30N2. The van der Waals surface area contributed by atoms with Gasteiger partial charge in [0.05, 0.1) is 0 Å². The number of rotatable bonds is 9. The Morgan fingerprint density at radius 2 is 1.87 bits per heavy atom. The Hall–Kier alpha value is -0.0800. The SMILES string of the molecule is CCCCN(C)C(C)CNCCC(C)C. The largest absolute Gasteiger partial charge is 0.315 e. The van der Waals surface area contributed by atoms with Gasteiger partial charge in [-0.05, 0) is 45.8 Å². The molecule has 0 fully saturated rings. The monoisotopic (exact) mass is 214 g/mol. The third-order valence-corrected chi connectivity index (χ3v) is 2.96. The molecule has 0 saturated carbocycles. The van der Waals surface area contributed by atoms with E-state index in [9.17, 15) is 0 Å². The first-order valence-corrected chi connectivity index (χ1v) is 6.48. The molecule has 0 aromatic carbocycles. The topological polar surface area (TPSA) is 15.3 Å². The minimum Gasteiger partial charge on any atom is -0.315 e. The maximum Gasteiger partial charge on any atom is 0.0189 e. The van der Waals surface area contributed by atoms with Crippen LogP contribution >= 0.6 is 0 Å². The summed E-state index contributed by atoms with van der Waals surface area (Å²) >= 11 is 0. The van der Waals surface area contributed by atoms with Gasteiger partial charge in [0.2, 0.25) is 0 Å². The van der Waals surface area contributed by atoms with Gasteiger partial charge in [-0.25, -0.2) is 0 Å². The molecule has 0 radical (unpaired) electrons. The van der Waals surface area contributed by atoms with Crippen LogP contribution in [0.3, 0.4) is 0 Å². The first-order valence-electron chi connectivity index (χ1n) is 6.48. The van der Waals surface area contributed by atoms with Crippen molar-refractivity contribution < 1.29 is 0 Å². The summed E-state index contributed by atoms with van der Waals surface area (Å²) in [4.78, 5) is 2.45. The van der Waals surface area contributed by atoms with Crippen LogP contribution in [0.2, 0.25) is 0 Å². The summed E-state index contributed by atoms with van der Waals surface area (Å²) in [6, 6.07) is 0.656. The van der Waals surface area contributed by atoms with Crippen LogP contribution in [0.25, 0.3) is 0 Å². The lowest BCUT2D eigenvalue weighted by Gasteiger charge is -2.25. The molecule has 0 aromatic heterocycles. The van der Waals surface area contributed by atoms with Crippen LogP contribution in [-0.4, -0.2) is 37.6 Å². The second-order valence-electron chi connectivity index (χ2n) is 5.07. The number of hydrogen-bond donors (Lipinski definition) is 1. The fraction of sp³-hybridized carbons (Fsp3) is 1.00. The quantitative estimate of drug-likeness (QED) is 0.594. The lowest BCUT2D eigenvalue weighted by atomic mass is 10.1. The summed E-state index contributed by atoms with van der Waals surface area (Å²) in [6.45, 7) is 12.6. The fourth-order valence-electron chi connectivity index (χ4n) is 1.49. The van der Waals surface area contributed by atoms with Gasteiger partial charge in [0.25, 0.3) is 0 Å². The van der Waals surface area contributed by atoms with Gasteiger partial charge in [-0.2, -0.15) is 0 Å².